The van der Waals surface area contributed by atoms with E-state index in [2.05, 4.69) is 12.2 Å². The van der Waals surface area contributed by atoms with Crippen LogP contribution in [-0.2, 0) is 11.2 Å². The molecule has 2 aromatic rings. The van der Waals surface area contributed by atoms with Crippen LogP contribution >= 0.6 is 0 Å². The summed E-state index contributed by atoms with van der Waals surface area (Å²) in [5.41, 5.74) is 3.00. The lowest BCUT2D eigenvalue weighted by molar-refractivity contribution is -0.118. The van der Waals surface area contributed by atoms with Gasteiger partial charge in [0.2, 0.25) is 0 Å². The summed E-state index contributed by atoms with van der Waals surface area (Å²) in [5, 5.41) is 2.88. The summed E-state index contributed by atoms with van der Waals surface area (Å²) in [4.78, 5) is 12.0. The number of ether oxygens (including phenoxy) is 2. The van der Waals surface area contributed by atoms with E-state index in [0.29, 0.717) is 11.5 Å². The molecule has 0 heterocycles. The van der Waals surface area contributed by atoms with Crippen LogP contribution in [0.5, 0.6) is 11.5 Å². The summed E-state index contributed by atoms with van der Waals surface area (Å²) in [5.74, 6) is 0.998. The normalized spacial score (nSPS) is 10.1. The van der Waals surface area contributed by atoms with E-state index >= 15 is 0 Å². The number of hydrogen-bond donors (Lipinski definition) is 1. The topological polar surface area (TPSA) is 47.6 Å². The molecular formula is C18H21NO3. The zero-order valence-corrected chi connectivity index (χ0v) is 13.2. The Morgan fingerprint density at radius 2 is 1.91 bits per heavy atom. The highest BCUT2D eigenvalue weighted by molar-refractivity contribution is 5.92. The Morgan fingerprint density at radius 1 is 1.14 bits per heavy atom. The molecule has 0 unspecified atom stereocenters. The molecule has 1 N–H and O–H groups in total. The third-order valence-electron chi connectivity index (χ3n) is 3.35. The van der Waals surface area contributed by atoms with Crippen LogP contribution < -0.4 is 14.8 Å². The predicted molar refractivity (Wildman–Crippen MR) is 87.7 cm³/mol. The number of aryl methyl sites for hydroxylation is 2. The molecule has 4 heteroatoms. The SMILES string of the molecule is CCc1ccccc1NC(=O)COc1ccc(C)cc1OC. The Labute approximate surface area is 131 Å². The molecule has 0 aliphatic heterocycles. The van der Waals surface area contributed by atoms with E-state index in [9.17, 15) is 4.79 Å². The Balaban J connectivity index is 1.98. The average molecular weight is 299 g/mol. The van der Waals surface area contributed by atoms with Gasteiger partial charge < -0.3 is 14.8 Å². The molecule has 2 rings (SSSR count). The largest absolute Gasteiger partial charge is 0.493 e. The third kappa shape index (κ3) is 4.01. The lowest BCUT2D eigenvalue weighted by Crippen LogP contribution is -2.21. The lowest BCUT2D eigenvalue weighted by atomic mass is 10.1. The van der Waals surface area contributed by atoms with E-state index in [1.807, 2.05) is 43.3 Å². The summed E-state index contributed by atoms with van der Waals surface area (Å²) < 4.78 is 10.8. The second-order valence-corrected chi connectivity index (χ2v) is 5.00. The summed E-state index contributed by atoms with van der Waals surface area (Å²) in [6.07, 6.45) is 0.864. The van der Waals surface area contributed by atoms with Crippen LogP contribution in [0.1, 0.15) is 18.1 Å². The number of nitrogens with one attached hydrogen (secondary N) is 1. The van der Waals surface area contributed by atoms with Gasteiger partial charge in [0, 0.05) is 5.69 Å². The Kier molecular flexibility index (Phi) is 5.42. The number of hydrogen-bond acceptors (Lipinski definition) is 3. The number of benzene rings is 2. The molecular weight excluding hydrogens is 278 g/mol. The minimum Gasteiger partial charge on any atom is -0.493 e. The van der Waals surface area contributed by atoms with Crippen LogP contribution in [0, 0.1) is 6.92 Å². The zero-order valence-electron chi connectivity index (χ0n) is 13.2. The molecule has 0 atom stereocenters. The number of para-hydroxylation sites is 1. The fraction of sp³-hybridized carbons (Fsp3) is 0.278. The van der Waals surface area contributed by atoms with Crippen LogP contribution in [0.3, 0.4) is 0 Å². The molecule has 116 valence electrons. The van der Waals surface area contributed by atoms with Crippen LogP contribution in [0.25, 0.3) is 0 Å². The number of carbonyl (C=O) groups is 1. The van der Waals surface area contributed by atoms with Crippen molar-refractivity contribution in [1.29, 1.82) is 0 Å². The van der Waals surface area contributed by atoms with Crippen molar-refractivity contribution in [3.05, 3.63) is 53.6 Å². The standard InChI is InChI=1S/C18H21NO3/c1-4-14-7-5-6-8-15(14)19-18(20)12-22-16-10-9-13(2)11-17(16)21-3/h5-11H,4,12H2,1-3H3,(H,19,20). The first-order valence-corrected chi connectivity index (χ1v) is 7.29. The van der Waals surface area contributed by atoms with Crippen molar-refractivity contribution in [2.24, 2.45) is 0 Å². The molecule has 22 heavy (non-hydrogen) atoms. The number of carbonyl (C=O) groups excluding carboxylic acids is 1. The first-order chi connectivity index (χ1) is 10.6. The van der Waals surface area contributed by atoms with Crippen molar-refractivity contribution in [3.8, 4) is 11.5 Å². The van der Waals surface area contributed by atoms with E-state index in [0.717, 1.165) is 23.2 Å². The molecule has 0 fully saturated rings. The first-order valence-electron chi connectivity index (χ1n) is 7.29. The maximum absolute atomic E-state index is 12.0. The maximum atomic E-state index is 12.0. The molecule has 1 amide bonds. The first kappa shape index (κ1) is 15.9. The average Bonchev–Trinajstić information content (AvgIpc) is 2.54. The van der Waals surface area contributed by atoms with E-state index < -0.39 is 0 Å². The van der Waals surface area contributed by atoms with Gasteiger partial charge in [0.1, 0.15) is 0 Å². The summed E-state index contributed by atoms with van der Waals surface area (Å²) in [6, 6.07) is 13.4. The zero-order chi connectivity index (χ0) is 15.9. The second-order valence-electron chi connectivity index (χ2n) is 5.00. The third-order valence-corrected chi connectivity index (χ3v) is 3.35. The van der Waals surface area contributed by atoms with Crippen LogP contribution in [-0.4, -0.2) is 19.6 Å². The van der Waals surface area contributed by atoms with Gasteiger partial charge in [0.15, 0.2) is 18.1 Å². The van der Waals surface area contributed by atoms with Gasteiger partial charge >= 0.3 is 0 Å². The summed E-state index contributed by atoms with van der Waals surface area (Å²) in [6.45, 7) is 3.97. The highest BCUT2D eigenvalue weighted by atomic mass is 16.5. The lowest BCUT2D eigenvalue weighted by Gasteiger charge is -2.12. The van der Waals surface area contributed by atoms with Crippen LogP contribution in [0.4, 0.5) is 5.69 Å². The molecule has 0 bridgehead atoms. The number of amides is 1. The molecule has 2 aromatic carbocycles. The molecule has 0 aromatic heterocycles. The van der Waals surface area contributed by atoms with Gasteiger partial charge in [-0.25, -0.2) is 0 Å². The Morgan fingerprint density at radius 3 is 2.64 bits per heavy atom. The van der Waals surface area contributed by atoms with Gasteiger partial charge in [0.25, 0.3) is 5.91 Å². The van der Waals surface area contributed by atoms with Crippen molar-refractivity contribution < 1.29 is 14.3 Å². The van der Waals surface area contributed by atoms with Gasteiger partial charge in [-0.15, -0.1) is 0 Å². The minimum atomic E-state index is -0.191. The minimum absolute atomic E-state index is 0.0581. The van der Waals surface area contributed by atoms with Crippen LogP contribution in [0.15, 0.2) is 42.5 Å². The van der Waals surface area contributed by atoms with Crippen molar-refractivity contribution in [3.63, 3.8) is 0 Å². The monoisotopic (exact) mass is 299 g/mol. The van der Waals surface area contributed by atoms with Crippen molar-refractivity contribution in [2.45, 2.75) is 20.3 Å². The second kappa shape index (κ2) is 7.50. The number of anilines is 1. The van der Waals surface area contributed by atoms with Crippen molar-refractivity contribution in [1.82, 2.24) is 0 Å². The Hall–Kier alpha value is -2.49. The fourth-order valence-electron chi connectivity index (χ4n) is 2.17. The molecule has 0 aliphatic rings. The van der Waals surface area contributed by atoms with Crippen molar-refractivity contribution >= 4 is 11.6 Å². The van der Waals surface area contributed by atoms with Gasteiger partial charge in [-0.2, -0.15) is 0 Å². The van der Waals surface area contributed by atoms with Gasteiger partial charge in [-0.05, 0) is 42.7 Å². The number of rotatable bonds is 6. The summed E-state index contributed by atoms with van der Waals surface area (Å²) >= 11 is 0. The Bertz CT molecular complexity index is 653. The fourth-order valence-corrected chi connectivity index (χ4v) is 2.17. The molecule has 0 spiro atoms. The molecule has 0 saturated heterocycles. The highest BCUT2D eigenvalue weighted by Gasteiger charge is 2.09. The van der Waals surface area contributed by atoms with Gasteiger partial charge in [-0.3, -0.25) is 4.79 Å². The maximum Gasteiger partial charge on any atom is 0.262 e. The summed E-state index contributed by atoms with van der Waals surface area (Å²) in [7, 11) is 1.58. The molecule has 4 nitrogen and oxygen atoms in total. The van der Waals surface area contributed by atoms with Gasteiger partial charge in [0.05, 0.1) is 7.11 Å². The molecule has 0 saturated carbocycles. The highest BCUT2D eigenvalue weighted by Crippen LogP contribution is 2.27. The van der Waals surface area contributed by atoms with Crippen molar-refractivity contribution in [2.75, 3.05) is 19.0 Å². The van der Waals surface area contributed by atoms with E-state index in [1.165, 1.54) is 0 Å². The number of methoxy groups -OCH3 is 1. The smallest absolute Gasteiger partial charge is 0.262 e. The molecule has 0 aliphatic carbocycles. The van der Waals surface area contributed by atoms with Crippen LogP contribution in [0.2, 0.25) is 0 Å². The predicted octanol–water partition coefficient (Wildman–Crippen LogP) is 3.58. The van der Waals surface area contributed by atoms with E-state index in [-0.39, 0.29) is 12.5 Å². The quantitative estimate of drug-likeness (QED) is 0.887. The van der Waals surface area contributed by atoms with E-state index in [4.69, 9.17) is 9.47 Å². The van der Waals surface area contributed by atoms with Gasteiger partial charge in [-0.1, -0.05) is 31.2 Å². The van der Waals surface area contributed by atoms with E-state index in [1.54, 1.807) is 13.2 Å². The molecule has 0 radical (unpaired) electrons.